The van der Waals surface area contributed by atoms with Crippen LogP contribution in [-0.4, -0.2) is 43.0 Å². The molecule has 1 saturated heterocycles. The number of furan rings is 1. The van der Waals surface area contributed by atoms with Gasteiger partial charge in [-0.1, -0.05) is 11.6 Å². The number of aromatic nitrogens is 1. The minimum Gasteiger partial charge on any atom is -0.459 e. The van der Waals surface area contributed by atoms with Gasteiger partial charge < -0.3 is 20.0 Å². The average Bonchev–Trinajstić information content (AvgIpc) is 3.25. The van der Waals surface area contributed by atoms with E-state index in [2.05, 4.69) is 15.6 Å². The monoisotopic (exact) mass is 444 g/mol. The van der Waals surface area contributed by atoms with Gasteiger partial charge in [-0.2, -0.15) is 13.2 Å². The first-order chi connectivity index (χ1) is 14.3. The van der Waals surface area contributed by atoms with Gasteiger partial charge in [0, 0.05) is 38.3 Å². The average molecular weight is 445 g/mol. The first-order valence-electron chi connectivity index (χ1n) is 9.33. The van der Waals surface area contributed by atoms with Crippen molar-refractivity contribution in [2.24, 2.45) is 5.92 Å². The van der Waals surface area contributed by atoms with E-state index in [1.807, 2.05) is 0 Å². The molecule has 0 unspecified atom stereocenters. The Labute approximate surface area is 175 Å². The van der Waals surface area contributed by atoms with Crippen molar-refractivity contribution in [3.05, 3.63) is 47.0 Å². The van der Waals surface area contributed by atoms with Crippen LogP contribution in [-0.2, 0) is 11.0 Å². The predicted octanol–water partition coefficient (Wildman–Crippen LogP) is 3.11. The molecule has 0 atom stereocenters. The molecule has 3 rings (SSSR count). The fourth-order valence-corrected chi connectivity index (χ4v) is 3.46. The predicted molar refractivity (Wildman–Crippen MR) is 103 cm³/mol. The Morgan fingerprint density at radius 1 is 1.23 bits per heavy atom. The standard InChI is InChI=1S/C19H20ClF3N4O3/c20-14-10-13(19(21,22)23)11-26-16(14)27-7-3-12(4-8-27)17(28)24-5-6-25-18(29)15-2-1-9-30-15/h1-2,9-12H,3-8H2,(H,24,28)(H,25,29). The van der Waals surface area contributed by atoms with Gasteiger partial charge in [0.05, 0.1) is 16.8 Å². The van der Waals surface area contributed by atoms with Crippen molar-refractivity contribution >= 4 is 29.2 Å². The highest BCUT2D eigenvalue weighted by atomic mass is 35.5. The fourth-order valence-electron chi connectivity index (χ4n) is 3.17. The van der Waals surface area contributed by atoms with Crippen LogP contribution >= 0.6 is 11.6 Å². The maximum absolute atomic E-state index is 12.7. The van der Waals surface area contributed by atoms with Crippen LogP contribution in [0.5, 0.6) is 0 Å². The Morgan fingerprint density at radius 3 is 2.53 bits per heavy atom. The van der Waals surface area contributed by atoms with Gasteiger partial charge in [0.1, 0.15) is 5.82 Å². The lowest BCUT2D eigenvalue weighted by molar-refractivity contribution is -0.137. The lowest BCUT2D eigenvalue weighted by Crippen LogP contribution is -2.42. The van der Waals surface area contributed by atoms with Crippen LogP contribution in [0, 0.1) is 5.92 Å². The summed E-state index contributed by atoms with van der Waals surface area (Å²) in [6, 6.07) is 4.01. The second-order valence-corrected chi connectivity index (χ2v) is 7.22. The number of nitrogens with zero attached hydrogens (tertiary/aromatic N) is 2. The number of amides is 2. The Morgan fingerprint density at radius 2 is 1.93 bits per heavy atom. The van der Waals surface area contributed by atoms with Crippen LogP contribution in [0.4, 0.5) is 19.0 Å². The number of piperidine rings is 1. The number of nitrogens with one attached hydrogen (secondary N) is 2. The van der Waals surface area contributed by atoms with Crippen LogP contribution in [0.2, 0.25) is 5.02 Å². The molecule has 2 N–H and O–H groups in total. The normalized spacial score (nSPS) is 15.1. The maximum atomic E-state index is 12.7. The molecule has 11 heteroatoms. The van der Waals surface area contributed by atoms with E-state index in [4.69, 9.17) is 16.0 Å². The van der Waals surface area contributed by atoms with E-state index in [1.54, 1.807) is 17.0 Å². The molecular weight excluding hydrogens is 425 g/mol. The van der Waals surface area contributed by atoms with Crippen molar-refractivity contribution in [1.82, 2.24) is 15.6 Å². The number of rotatable bonds is 6. The summed E-state index contributed by atoms with van der Waals surface area (Å²) in [6.45, 7) is 1.43. The van der Waals surface area contributed by atoms with Crippen LogP contribution in [0.3, 0.4) is 0 Å². The molecule has 2 aromatic rings. The zero-order chi connectivity index (χ0) is 21.7. The molecule has 0 bridgehead atoms. The third kappa shape index (κ3) is 5.44. The Balaban J connectivity index is 1.42. The largest absolute Gasteiger partial charge is 0.459 e. The van der Waals surface area contributed by atoms with Gasteiger partial charge in [0.15, 0.2) is 5.76 Å². The van der Waals surface area contributed by atoms with Crippen LogP contribution in [0.15, 0.2) is 35.1 Å². The number of anilines is 1. The molecule has 30 heavy (non-hydrogen) atoms. The van der Waals surface area contributed by atoms with E-state index < -0.39 is 11.7 Å². The SMILES string of the molecule is O=C(NCCNC(=O)C1CCN(c2ncc(C(F)(F)F)cc2Cl)CC1)c1ccco1. The van der Waals surface area contributed by atoms with Gasteiger partial charge in [-0.15, -0.1) is 0 Å². The van der Waals surface area contributed by atoms with Gasteiger partial charge in [-0.25, -0.2) is 4.98 Å². The number of halogens is 4. The van der Waals surface area contributed by atoms with Crippen molar-refractivity contribution in [2.75, 3.05) is 31.1 Å². The summed E-state index contributed by atoms with van der Waals surface area (Å²) in [4.78, 5) is 29.7. The molecule has 1 aliphatic rings. The molecule has 2 amide bonds. The smallest absolute Gasteiger partial charge is 0.417 e. The van der Waals surface area contributed by atoms with E-state index in [1.165, 1.54) is 6.26 Å². The van der Waals surface area contributed by atoms with E-state index in [-0.39, 0.29) is 47.4 Å². The number of hydrogen-bond acceptors (Lipinski definition) is 5. The summed E-state index contributed by atoms with van der Waals surface area (Å²) >= 11 is 5.99. The number of carbonyl (C=O) groups excluding carboxylic acids is 2. The summed E-state index contributed by atoms with van der Waals surface area (Å²) < 4.78 is 43.2. The second-order valence-electron chi connectivity index (χ2n) is 6.81. The van der Waals surface area contributed by atoms with Gasteiger partial charge in [-0.05, 0) is 31.0 Å². The highest BCUT2D eigenvalue weighted by Gasteiger charge is 2.33. The zero-order valence-corrected chi connectivity index (χ0v) is 16.6. The summed E-state index contributed by atoms with van der Waals surface area (Å²) in [5.41, 5.74) is -0.898. The lowest BCUT2D eigenvalue weighted by atomic mass is 9.96. The Bertz CT molecular complexity index is 882. The molecule has 1 aliphatic heterocycles. The topological polar surface area (TPSA) is 87.5 Å². The van der Waals surface area contributed by atoms with Crippen molar-refractivity contribution in [3.63, 3.8) is 0 Å². The summed E-state index contributed by atoms with van der Waals surface area (Å²) in [5, 5.41) is 5.34. The first kappa shape index (κ1) is 21.9. The van der Waals surface area contributed by atoms with Crippen molar-refractivity contribution in [1.29, 1.82) is 0 Å². The zero-order valence-electron chi connectivity index (χ0n) is 15.8. The minimum atomic E-state index is -4.50. The molecule has 2 aromatic heterocycles. The van der Waals surface area contributed by atoms with Crippen molar-refractivity contribution < 1.29 is 27.2 Å². The molecule has 0 radical (unpaired) electrons. The number of hydrogen-bond donors (Lipinski definition) is 2. The van der Waals surface area contributed by atoms with Crippen molar-refractivity contribution in [2.45, 2.75) is 19.0 Å². The quantitative estimate of drug-likeness (QED) is 0.668. The first-order valence-corrected chi connectivity index (χ1v) is 9.70. The molecule has 0 aromatic carbocycles. The third-order valence-corrected chi connectivity index (χ3v) is 5.05. The van der Waals surface area contributed by atoms with Crippen molar-refractivity contribution in [3.8, 4) is 0 Å². The molecule has 1 fully saturated rings. The minimum absolute atomic E-state index is 0.0694. The van der Waals surface area contributed by atoms with Gasteiger partial charge in [0.25, 0.3) is 5.91 Å². The highest BCUT2D eigenvalue weighted by Crippen LogP contribution is 2.34. The third-order valence-electron chi connectivity index (χ3n) is 4.77. The fraction of sp³-hybridized carbons (Fsp3) is 0.421. The molecule has 7 nitrogen and oxygen atoms in total. The van der Waals surface area contributed by atoms with E-state index in [0.717, 1.165) is 12.3 Å². The number of carbonyl (C=O) groups is 2. The van der Waals surface area contributed by atoms with Gasteiger partial charge in [0.2, 0.25) is 5.91 Å². The lowest BCUT2D eigenvalue weighted by Gasteiger charge is -2.32. The van der Waals surface area contributed by atoms with Crippen LogP contribution < -0.4 is 15.5 Å². The molecule has 0 saturated carbocycles. The maximum Gasteiger partial charge on any atom is 0.417 e. The van der Waals surface area contributed by atoms with Gasteiger partial charge in [-0.3, -0.25) is 9.59 Å². The van der Waals surface area contributed by atoms with E-state index >= 15 is 0 Å². The molecule has 162 valence electrons. The number of alkyl halides is 3. The van der Waals surface area contributed by atoms with E-state index in [9.17, 15) is 22.8 Å². The Hall–Kier alpha value is -2.75. The van der Waals surface area contributed by atoms with Crippen LogP contribution in [0.25, 0.3) is 0 Å². The summed E-state index contributed by atoms with van der Waals surface area (Å²) in [6.07, 6.45) is -1.31. The molecule has 0 spiro atoms. The molecular formula is C19H20ClF3N4O3. The number of pyridine rings is 1. The second kappa shape index (κ2) is 9.38. The summed E-state index contributed by atoms with van der Waals surface area (Å²) in [5.74, 6) is -0.236. The van der Waals surface area contributed by atoms with E-state index in [0.29, 0.717) is 25.9 Å². The Kier molecular flexibility index (Phi) is 6.86. The highest BCUT2D eigenvalue weighted by molar-refractivity contribution is 6.33. The molecule has 3 heterocycles. The van der Waals surface area contributed by atoms with Crippen LogP contribution in [0.1, 0.15) is 29.0 Å². The van der Waals surface area contributed by atoms with Gasteiger partial charge >= 0.3 is 6.18 Å². The molecule has 0 aliphatic carbocycles. The summed E-state index contributed by atoms with van der Waals surface area (Å²) in [7, 11) is 0.